The molecule has 0 aliphatic rings. The Labute approximate surface area is 318 Å². The number of aliphatic carboxylic acids is 1. The van der Waals surface area contributed by atoms with E-state index in [9.17, 15) is 53.7 Å². The predicted molar refractivity (Wildman–Crippen MR) is 197 cm³/mol. The number of carboxylic acid groups (broad SMARTS) is 1. The van der Waals surface area contributed by atoms with E-state index in [1.807, 2.05) is 0 Å². The maximum Gasteiger partial charge on any atom is 0.326 e. The van der Waals surface area contributed by atoms with Gasteiger partial charge >= 0.3 is 5.97 Å². The molecule has 0 fully saturated rings. The fraction of sp³-hybridized carbons (Fsp3) is 0.459. The number of benzene rings is 2. The molecule has 6 unspecified atom stereocenters. The molecule has 0 spiro atoms. The predicted octanol–water partition coefficient (Wildman–Crippen LogP) is -1.49. The summed E-state index contributed by atoms with van der Waals surface area (Å²) in [4.78, 5) is 101. The van der Waals surface area contributed by atoms with Gasteiger partial charge < -0.3 is 53.0 Å². The lowest BCUT2D eigenvalue weighted by Crippen LogP contribution is -2.58. The molecule has 55 heavy (non-hydrogen) atoms. The highest BCUT2D eigenvalue weighted by Gasteiger charge is 2.32. The second kappa shape index (κ2) is 22.2. The largest absolute Gasteiger partial charge is 0.508 e. The van der Waals surface area contributed by atoms with Crippen molar-refractivity contribution in [2.24, 2.45) is 11.7 Å². The van der Waals surface area contributed by atoms with E-state index in [0.29, 0.717) is 5.56 Å². The minimum Gasteiger partial charge on any atom is -0.508 e. The summed E-state index contributed by atoms with van der Waals surface area (Å²) in [6.07, 6.45) is -1.88. The first-order chi connectivity index (χ1) is 25.8. The second-order valence-electron chi connectivity index (χ2n) is 13.6. The van der Waals surface area contributed by atoms with Crippen molar-refractivity contribution in [3.63, 3.8) is 0 Å². The third-order valence-electron chi connectivity index (χ3n) is 7.98. The van der Waals surface area contributed by atoms with Gasteiger partial charge in [-0.25, -0.2) is 4.79 Å². The van der Waals surface area contributed by atoms with Gasteiger partial charge in [0, 0.05) is 12.8 Å². The molecule has 7 amide bonds. The molecule has 2 aromatic carbocycles. The fourth-order valence-corrected chi connectivity index (χ4v) is 5.25. The van der Waals surface area contributed by atoms with Crippen LogP contribution in [0.5, 0.6) is 5.75 Å². The van der Waals surface area contributed by atoms with Gasteiger partial charge in [-0.1, -0.05) is 56.3 Å². The summed E-state index contributed by atoms with van der Waals surface area (Å²) in [5.74, 6) is -7.29. The zero-order valence-corrected chi connectivity index (χ0v) is 31.2. The minimum absolute atomic E-state index is 0.0610. The minimum atomic E-state index is -1.69. The van der Waals surface area contributed by atoms with Crippen molar-refractivity contribution < 1.29 is 53.7 Å². The highest BCUT2D eigenvalue weighted by molar-refractivity contribution is 5.96. The number of aliphatic hydroxyl groups excluding tert-OH is 1. The summed E-state index contributed by atoms with van der Waals surface area (Å²) < 4.78 is 0. The molecule has 0 saturated carbocycles. The van der Waals surface area contributed by atoms with Crippen LogP contribution in [0.15, 0.2) is 54.6 Å². The molecule has 0 aliphatic heterocycles. The van der Waals surface area contributed by atoms with Gasteiger partial charge in [0.25, 0.3) is 0 Å². The Morgan fingerprint density at radius 2 is 1.15 bits per heavy atom. The first-order valence-electron chi connectivity index (χ1n) is 17.6. The molecule has 0 saturated heterocycles. The SMILES string of the molecule is CC(C)CC(NC(=O)C(C)NC(=O)CNC(=O)C(Cc1ccccc1)NC(=O)CC(C)O)C(=O)NC(Cc1ccc(O)cc1)C(=O)NC(CC(N)=O)C(=O)O. The number of aromatic hydroxyl groups is 1. The zero-order chi connectivity index (χ0) is 41.2. The van der Waals surface area contributed by atoms with Crippen molar-refractivity contribution in [1.29, 1.82) is 0 Å². The maximum absolute atomic E-state index is 13.6. The van der Waals surface area contributed by atoms with Crippen LogP contribution in [-0.2, 0) is 51.2 Å². The van der Waals surface area contributed by atoms with Gasteiger partial charge in [-0.15, -0.1) is 0 Å². The topological polar surface area (TPSA) is 295 Å². The van der Waals surface area contributed by atoms with E-state index in [1.54, 1.807) is 44.2 Å². The van der Waals surface area contributed by atoms with E-state index in [-0.39, 0.29) is 37.4 Å². The van der Waals surface area contributed by atoms with Gasteiger partial charge in [0.05, 0.1) is 25.5 Å². The Bertz CT molecular complexity index is 1650. The summed E-state index contributed by atoms with van der Waals surface area (Å²) in [5, 5.41) is 43.5. The number of aliphatic hydroxyl groups is 1. The van der Waals surface area contributed by atoms with Crippen LogP contribution in [0.25, 0.3) is 0 Å². The zero-order valence-electron chi connectivity index (χ0n) is 31.2. The van der Waals surface area contributed by atoms with Crippen LogP contribution >= 0.6 is 0 Å². The van der Waals surface area contributed by atoms with Crippen LogP contribution in [-0.4, -0.2) is 105 Å². The number of hydrogen-bond donors (Lipinski definition) is 10. The molecule has 18 nitrogen and oxygen atoms in total. The van der Waals surface area contributed by atoms with Crippen molar-refractivity contribution in [1.82, 2.24) is 31.9 Å². The molecule has 0 heterocycles. The molecule has 0 aromatic heterocycles. The van der Waals surface area contributed by atoms with E-state index in [0.717, 1.165) is 5.56 Å². The summed E-state index contributed by atoms with van der Waals surface area (Å²) in [6.45, 7) is 5.76. The first-order valence-corrected chi connectivity index (χ1v) is 17.6. The third kappa shape index (κ3) is 17.1. The van der Waals surface area contributed by atoms with Crippen molar-refractivity contribution in [3.8, 4) is 5.75 Å². The smallest absolute Gasteiger partial charge is 0.326 e. The Hall–Kier alpha value is -6.04. The molecule has 0 aliphatic carbocycles. The molecule has 300 valence electrons. The normalized spacial score (nSPS) is 14.1. The average Bonchev–Trinajstić information content (AvgIpc) is 3.09. The highest BCUT2D eigenvalue weighted by atomic mass is 16.4. The number of hydrogen-bond acceptors (Lipinski definition) is 10. The standard InChI is InChI=1S/C37H51N7O11/c1-20(2)14-26(35(52)43-28(17-24-10-12-25(46)13-11-24)36(53)44-29(37(54)55)18-30(38)47)42-33(50)22(4)40-32(49)19-39-34(51)27(41-31(48)15-21(3)45)16-23-8-6-5-7-9-23/h5-13,20-22,26-29,45-46H,14-19H2,1-4H3,(H2,38,47)(H,39,51)(H,40,49)(H,41,48)(H,42,50)(H,43,52)(H,44,53)(H,54,55). The van der Waals surface area contributed by atoms with Gasteiger partial charge in [-0.2, -0.15) is 0 Å². The summed E-state index contributed by atoms with van der Waals surface area (Å²) in [7, 11) is 0. The monoisotopic (exact) mass is 769 g/mol. The Morgan fingerprint density at radius 1 is 0.618 bits per heavy atom. The number of nitrogens with one attached hydrogen (secondary N) is 6. The van der Waals surface area contributed by atoms with Gasteiger partial charge in [0.2, 0.25) is 41.4 Å². The summed E-state index contributed by atoms with van der Waals surface area (Å²) >= 11 is 0. The lowest BCUT2D eigenvalue weighted by Gasteiger charge is -2.26. The first kappa shape index (κ1) is 45.1. The van der Waals surface area contributed by atoms with E-state index in [1.165, 1.54) is 38.1 Å². The van der Waals surface area contributed by atoms with Crippen LogP contribution in [0.3, 0.4) is 0 Å². The van der Waals surface area contributed by atoms with Gasteiger partial charge in [-0.05, 0) is 49.4 Å². The molecule has 2 aromatic rings. The Balaban J connectivity index is 2.12. The molecular formula is C37H51N7O11. The van der Waals surface area contributed by atoms with Crippen molar-refractivity contribution in [2.75, 3.05) is 6.54 Å². The van der Waals surface area contributed by atoms with Gasteiger partial charge in [0.1, 0.15) is 36.0 Å². The third-order valence-corrected chi connectivity index (χ3v) is 7.98. The number of rotatable bonds is 22. The van der Waals surface area contributed by atoms with E-state index < -0.39 is 96.6 Å². The summed E-state index contributed by atoms with van der Waals surface area (Å²) in [5.41, 5.74) is 6.34. The lowest BCUT2D eigenvalue weighted by molar-refractivity contribution is -0.143. The number of nitrogens with two attached hydrogens (primary N) is 1. The quantitative estimate of drug-likeness (QED) is 0.0659. The van der Waals surface area contributed by atoms with Crippen LogP contribution in [0, 0.1) is 5.92 Å². The number of carbonyl (C=O) groups excluding carboxylic acids is 7. The fourth-order valence-electron chi connectivity index (χ4n) is 5.25. The molecule has 6 atom stereocenters. The molecular weight excluding hydrogens is 718 g/mol. The number of phenols is 1. The molecule has 2 rings (SSSR count). The highest BCUT2D eigenvalue weighted by Crippen LogP contribution is 2.13. The Kier molecular flexibility index (Phi) is 18.2. The number of primary amides is 1. The second-order valence-corrected chi connectivity index (χ2v) is 13.6. The van der Waals surface area contributed by atoms with Crippen LogP contribution in [0.1, 0.15) is 58.1 Å². The maximum atomic E-state index is 13.6. The van der Waals surface area contributed by atoms with E-state index >= 15 is 0 Å². The van der Waals surface area contributed by atoms with Crippen molar-refractivity contribution >= 4 is 47.3 Å². The van der Waals surface area contributed by atoms with Gasteiger partial charge in [0.15, 0.2) is 0 Å². The molecule has 18 heteroatoms. The van der Waals surface area contributed by atoms with Crippen LogP contribution in [0.2, 0.25) is 0 Å². The average molecular weight is 770 g/mol. The van der Waals surface area contributed by atoms with E-state index in [4.69, 9.17) is 5.73 Å². The molecule has 0 bridgehead atoms. The van der Waals surface area contributed by atoms with Crippen molar-refractivity contribution in [3.05, 3.63) is 65.7 Å². The number of amides is 7. The number of phenolic OH excluding ortho intramolecular Hbond substituents is 1. The molecule has 11 N–H and O–H groups in total. The Morgan fingerprint density at radius 3 is 1.69 bits per heavy atom. The number of carboxylic acids is 1. The molecule has 0 radical (unpaired) electrons. The van der Waals surface area contributed by atoms with Crippen LogP contribution in [0.4, 0.5) is 0 Å². The van der Waals surface area contributed by atoms with Crippen LogP contribution < -0.4 is 37.6 Å². The number of carbonyl (C=O) groups is 8. The lowest BCUT2D eigenvalue weighted by atomic mass is 10.0. The van der Waals surface area contributed by atoms with E-state index in [2.05, 4.69) is 31.9 Å². The van der Waals surface area contributed by atoms with Gasteiger partial charge in [-0.3, -0.25) is 33.6 Å². The van der Waals surface area contributed by atoms with Crippen molar-refractivity contribution in [2.45, 2.75) is 96.1 Å². The summed E-state index contributed by atoms with van der Waals surface area (Å²) in [6, 6.07) is 7.88.